The standard InChI is InChI=1S/C13H11Cl2NOS/c1-17-11-5-10(16)6-13(7-11)18-12-3-8(14)2-9(15)4-12/h2-7H,16H2,1H3. The maximum Gasteiger partial charge on any atom is 0.122 e. The van der Waals surface area contributed by atoms with Crippen molar-refractivity contribution in [2.45, 2.75) is 9.79 Å². The Morgan fingerprint density at radius 2 is 1.56 bits per heavy atom. The van der Waals surface area contributed by atoms with Gasteiger partial charge in [-0.2, -0.15) is 0 Å². The fourth-order valence-corrected chi connectivity index (χ4v) is 3.16. The lowest BCUT2D eigenvalue weighted by atomic mass is 10.3. The normalized spacial score (nSPS) is 10.4. The van der Waals surface area contributed by atoms with Gasteiger partial charge in [-0.15, -0.1) is 0 Å². The molecule has 0 spiro atoms. The summed E-state index contributed by atoms with van der Waals surface area (Å²) in [4.78, 5) is 1.94. The predicted octanol–water partition coefficient (Wildman–Crippen LogP) is 4.74. The minimum atomic E-state index is 0.612. The van der Waals surface area contributed by atoms with Crippen LogP contribution >= 0.6 is 35.0 Å². The molecule has 94 valence electrons. The molecule has 0 heterocycles. The van der Waals surface area contributed by atoms with Gasteiger partial charge in [0.1, 0.15) is 5.75 Å². The lowest BCUT2D eigenvalue weighted by Crippen LogP contribution is -1.89. The van der Waals surface area contributed by atoms with Gasteiger partial charge >= 0.3 is 0 Å². The van der Waals surface area contributed by atoms with E-state index in [1.165, 1.54) is 11.8 Å². The zero-order chi connectivity index (χ0) is 13.1. The molecule has 0 aliphatic heterocycles. The first-order valence-corrected chi connectivity index (χ1v) is 6.72. The number of nitrogen functional groups attached to an aromatic ring is 1. The van der Waals surface area contributed by atoms with Gasteiger partial charge in [0.2, 0.25) is 0 Å². The van der Waals surface area contributed by atoms with Gasteiger partial charge in [-0.3, -0.25) is 0 Å². The molecule has 2 N–H and O–H groups in total. The van der Waals surface area contributed by atoms with E-state index in [9.17, 15) is 0 Å². The number of hydrogen-bond acceptors (Lipinski definition) is 3. The van der Waals surface area contributed by atoms with E-state index in [-0.39, 0.29) is 0 Å². The molecule has 0 fully saturated rings. The molecule has 0 unspecified atom stereocenters. The van der Waals surface area contributed by atoms with Gasteiger partial charge in [0.25, 0.3) is 0 Å². The van der Waals surface area contributed by atoms with E-state index < -0.39 is 0 Å². The average Bonchev–Trinajstić information content (AvgIpc) is 2.26. The lowest BCUT2D eigenvalue weighted by Gasteiger charge is -2.07. The van der Waals surface area contributed by atoms with Crippen LogP contribution in [-0.4, -0.2) is 7.11 Å². The summed E-state index contributed by atoms with van der Waals surface area (Å²) in [5.74, 6) is 0.727. The maximum atomic E-state index is 5.96. The van der Waals surface area contributed by atoms with E-state index in [2.05, 4.69) is 0 Å². The monoisotopic (exact) mass is 299 g/mol. The van der Waals surface area contributed by atoms with Crippen LogP contribution in [0.25, 0.3) is 0 Å². The van der Waals surface area contributed by atoms with Crippen LogP contribution in [0.3, 0.4) is 0 Å². The highest BCUT2D eigenvalue weighted by atomic mass is 35.5. The molecule has 0 bridgehead atoms. The summed E-state index contributed by atoms with van der Waals surface area (Å²) in [5, 5.41) is 1.22. The highest BCUT2D eigenvalue weighted by Crippen LogP contribution is 2.34. The largest absolute Gasteiger partial charge is 0.497 e. The third-order valence-corrected chi connectivity index (χ3v) is 3.59. The predicted molar refractivity (Wildman–Crippen MR) is 78.0 cm³/mol. The minimum absolute atomic E-state index is 0.612. The molecule has 0 aliphatic rings. The summed E-state index contributed by atoms with van der Waals surface area (Å²) < 4.78 is 5.18. The molecule has 0 radical (unpaired) electrons. The Morgan fingerprint density at radius 1 is 0.944 bits per heavy atom. The zero-order valence-electron chi connectivity index (χ0n) is 9.61. The van der Waals surface area contributed by atoms with Gasteiger partial charge in [0.05, 0.1) is 7.11 Å². The summed E-state index contributed by atoms with van der Waals surface area (Å²) in [5.41, 5.74) is 6.46. The van der Waals surface area contributed by atoms with Crippen molar-refractivity contribution >= 4 is 40.7 Å². The first kappa shape index (κ1) is 13.4. The fraction of sp³-hybridized carbons (Fsp3) is 0.0769. The van der Waals surface area contributed by atoms with Gasteiger partial charge in [0, 0.05) is 31.6 Å². The number of benzene rings is 2. The molecule has 2 aromatic carbocycles. The second-order valence-electron chi connectivity index (χ2n) is 3.65. The highest BCUT2D eigenvalue weighted by Gasteiger charge is 2.04. The fourth-order valence-electron chi connectivity index (χ4n) is 1.49. The third-order valence-electron chi connectivity index (χ3n) is 2.21. The van der Waals surface area contributed by atoms with Crippen LogP contribution in [0.15, 0.2) is 46.2 Å². The quantitative estimate of drug-likeness (QED) is 0.832. The number of halogens is 2. The SMILES string of the molecule is COc1cc(N)cc(Sc2cc(Cl)cc(Cl)c2)c1. The van der Waals surface area contributed by atoms with Gasteiger partial charge in [-0.25, -0.2) is 0 Å². The number of ether oxygens (including phenoxy) is 1. The van der Waals surface area contributed by atoms with Crippen molar-refractivity contribution in [3.8, 4) is 5.75 Å². The van der Waals surface area contributed by atoms with Crippen LogP contribution in [0.1, 0.15) is 0 Å². The van der Waals surface area contributed by atoms with Crippen molar-refractivity contribution in [2.75, 3.05) is 12.8 Å². The van der Waals surface area contributed by atoms with E-state index in [1.807, 2.05) is 24.3 Å². The van der Waals surface area contributed by atoms with Crippen LogP contribution in [0.5, 0.6) is 5.75 Å². The molecule has 5 heteroatoms. The number of rotatable bonds is 3. The van der Waals surface area contributed by atoms with Crippen LogP contribution in [0.2, 0.25) is 10.0 Å². The molecule has 0 saturated carbocycles. The Morgan fingerprint density at radius 3 is 2.17 bits per heavy atom. The van der Waals surface area contributed by atoms with Crippen molar-refractivity contribution in [2.24, 2.45) is 0 Å². The molecule has 0 atom stereocenters. The summed E-state index contributed by atoms with van der Waals surface area (Å²) in [6, 6.07) is 11.0. The molecule has 0 aliphatic carbocycles. The number of hydrogen-bond donors (Lipinski definition) is 1. The van der Waals surface area contributed by atoms with E-state index in [1.54, 1.807) is 19.2 Å². The Balaban J connectivity index is 2.30. The van der Waals surface area contributed by atoms with Crippen LogP contribution in [0.4, 0.5) is 5.69 Å². The van der Waals surface area contributed by atoms with Crippen molar-refractivity contribution in [3.63, 3.8) is 0 Å². The zero-order valence-corrected chi connectivity index (χ0v) is 11.9. The smallest absolute Gasteiger partial charge is 0.122 e. The summed E-state index contributed by atoms with van der Waals surface area (Å²) in [6.45, 7) is 0. The number of anilines is 1. The lowest BCUT2D eigenvalue weighted by molar-refractivity contribution is 0.414. The van der Waals surface area contributed by atoms with E-state index in [0.717, 1.165) is 15.5 Å². The molecule has 2 rings (SSSR count). The van der Waals surface area contributed by atoms with Crippen LogP contribution in [0, 0.1) is 0 Å². The van der Waals surface area contributed by atoms with Crippen molar-refractivity contribution in [3.05, 3.63) is 46.4 Å². The van der Waals surface area contributed by atoms with Gasteiger partial charge in [-0.05, 0) is 30.3 Å². The van der Waals surface area contributed by atoms with E-state index >= 15 is 0 Å². The van der Waals surface area contributed by atoms with Gasteiger partial charge in [0.15, 0.2) is 0 Å². The Hall–Kier alpha value is -1.03. The Bertz CT molecular complexity index is 555. The maximum absolute atomic E-state index is 5.96. The van der Waals surface area contributed by atoms with Crippen molar-refractivity contribution in [1.29, 1.82) is 0 Å². The molecular weight excluding hydrogens is 289 g/mol. The molecule has 2 nitrogen and oxygen atoms in total. The van der Waals surface area contributed by atoms with Gasteiger partial charge < -0.3 is 10.5 Å². The molecular formula is C13H11Cl2NOS. The van der Waals surface area contributed by atoms with Crippen molar-refractivity contribution < 1.29 is 4.74 Å². The number of nitrogens with two attached hydrogens (primary N) is 1. The molecule has 18 heavy (non-hydrogen) atoms. The second-order valence-corrected chi connectivity index (χ2v) is 5.67. The molecule has 0 aromatic heterocycles. The highest BCUT2D eigenvalue weighted by molar-refractivity contribution is 7.99. The molecule has 0 saturated heterocycles. The Labute approximate surface area is 120 Å². The van der Waals surface area contributed by atoms with Crippen molar-refractivity contribution in [1.82, 2.24) is 0 Å². The van der Waals surface area contributed by atoms with Crippen LogP contribution < -0.4 is 10.5 Å². The summed E-state index contributed by atoms with van der Waals surface area (Å²) in [7, 11) is 1.61. The Kier molecular flexibility index (Phi) is 4.27. The molecule has 2 aromatic rings. The third kappa shape index (κ3) is 3.48. The number of methoxy groups -OCH3 is 1. The van der Waals surface area contributed by atoms with E-state index in [4.69, 9.17) is 33.7 Å². The summed E-state index contributed by atoms with van der Waals surface area (Å²) in [6.07, 6.45) is 0. The molecule has 0 amide bonds. The first-order valence-electron chi connectivity index (χ1n) is 5.15. The summed E-state index contributed by atoms with van der Waals surface area (Å²) >= 11 is 13.4. The van der Waals surface area contributed by atoms with Crippen LogP contribution in [-0.2, 0) is 0 Å². The average molecular weight is 300 g/mol. The van der Waals surface area contributed by atoms with E-state index in [0.29, 0.717) is 15.7 Å². The minimum Gasteiger partial charge on any atom is -0.497 e. The second kappa shape index (κ2) is 5.74. The van der Waals surface area contributed by atoms with Gasteiger partial charge in [-0.1, -0.05) is 35.0 Å². The first-order chi connectivity index (χ1) is 8.56. The topological polar surface area (TPSA) is 35.2 Å².